The molecule has 1 saturated heterocycles. The van der Waals surface area contributed by atoms with Crippen molar-refractivity contribution in [3.63, 3.8) is 0 Å². The molecule has 0 amide bonds. The maximum Gasteiger partial charge on any atom is 0.0722 e. The van der Waals surface area contributed by atoms with Gasteiger partial charge < -0.3 is 10.2 Å². The molecule has 1 unspecified atom stereocenters. The molecule has 1 atom stereocenters. The Balaban J connectivity index is 1.94. The molecule has 1 aliphatic heterocycles. The third kappa shape index (κ3) is 2.11. The van der Waals surface area contributed by atoms with Gasteiger partial charge in [0, 0.05) is 42.9 Å². The van der Waals surface area contributed by atoms with E-state index in [4.69, 9.17) is 0 Å². The maximum atomic E-state index is 4.41. The molecule has 88 valence electrons. The summed E-state index contributed by atoms with van der Waals surface area (Å²) in [6.07, 6.45) is 1.85. The highest BCUT2D eigenvalue weighted by molar-refractivity contribution is 5.82. The van der Waals surface area contributed by atoms with E-state index < -0.39 is 0 Å². The molecule has 2 heterocycles. The van der Waals surface area contributed by atoms with Gasteiger partial charge in [-0.05, 0) is 25.1 Å². The van der Waals surface area contributed by atoms with Crippen LogP contribution in [0.4, 0.5) is 5.69 Å². The number of hydrogen-bond acceptors (Lipinski definition) is 3. The average Bonchev–Trinajstić information content (AvgIpc) is 2.38. The van der Waals surface area contributed by atoms with E-state index in [0.29, 0.717) is 6.04 Å². The van der Waals surface area contributed by atoms with Crippen molar-refractivity contribution in [3.8, 4) is 0 Å². The number of pyridine rings is 1. The fraction of sp³-hybridized carbons (Fsp3) is 0.357. The predicted octanol–water partition coefficient (Wildman–Crippen LogP) is 2.03. The molecule has 1 aliphatic rings. The lowest BCUT2D eigenvalue weighted by Crippen LogP contribution is -2.49. The van der Waals surface area contributed by atoms with Crippen LogP contribution in [0.25, 0.3) is 10.9 Å². The zero-order valence-electron chi connectivity index (χ0n) is 10.1. The van der Waals surface area contributed by atoms with Gasteiger partial charge >= 0.3 is 0 Å². The van der Waals surface area contributed by atoms with Crippen molar-refractivity contribution < 1.29 is 0 Å². The van der Waals surface area contributed by atoms with E-state index in [9.17, 15) is 0 Å². The second kappa shape index (κ2) is 4.34. The first kappa shape index (κ1) is 10.5. The molecule has 2 aromatic rings. The Labute approximate surface area is 101 Å². The summed E-state index contributed by atoms with van der Waals surface area (Å²) in [6.45, 7) is 5.42. The SMILES string of the molecule is CC1CN(c2ccc3cccnc3c2)CCN1. The monoisotopic (exact) mass is 227 g/mol. The number of fused-ring (bicyclic) bond motifs is 1. The number of nitrogens with one attached hydrogen (secondary N) is 1. The Morgan fingerprint density at radius 1 is 1.35 bits per heavy atom. The van der Waals surface area contributed by atoms with E-state index in [1.165, 1.54) is 11.1 Å². The molecular formula is C14H17N3. The predicted molar refractivity (Wildman–Crippen MR) is 71.4 cm³/mol. The summed E-state index contributed by atoms with van der Waals surface area (Å²) in [4.78, 5) is 6.84. The van der Waals surface area contributed by atoms with Crippen LogP contribution in [-0.2, 0) is 0 Å². The van der Waals surface area contributed by atoms with Crippen LogP contribution < -0.4 is 10.2 Å². The summed E-state index contributed by atoms with van der Waals surface area (Å²) in [7, 11) is 0. The highest BCUT2D eigenvalue weighted by Gasteiger charge is 2.15. The van der Waals surface area contributed by atoms with E-state index in [-0.39, 0.29) is 0 Å². The number of piperazine rings is 1. The van der Waals surface area contributed by atoms with Gasteiger partial charge in [0.15, 0.2) is 0 Å². The molecule has 1 N–H and O–H groups in total. The first-order chi connectivity index (χ1) is 8.33. The van der Waals surface area contributed by atoms with E-state index >= 15 is 0 Å². The highest BCUT2D eigenvalue weighted by Crippen LogP contribution is 2.21. The molecule has 0 aliphatic carbocycles. The van der Waals surface area contributed by atoms with Gasteiger partial charge in [-0.25, -0.2) is 0 Å². The first-order valence-corrected chi connectivity index (χ1v) is 6.16. The summed E-state index contributed by atoms with van der Waals surface area (Å²) in [5, 5.41) is 4.67. The normalized spacial score (nSPS) is 20.8. The van der Waals surface area contributed by atoms with E-state index in [0.717, 1.165) is 25.2 Å². The van der Waals surface area contributed by atoms with Crippen molar-refractivity contribution in [2.24, 2.45) is 0 Å². The maximum absolute atomic E-state index is 4.41. The molecule has 1 aromatic heterocycles. The molecular weight excluding hydrogens is 210 g/mol. The van der Waals surface area contributed by atoms with E-state index in [1.807, 2.05) is 12.3 Å². The van der Waals surface area contributed by atoms with Crippen LogP contribution in [0.3, 0.4) is 0 Å². The molecule has 0 bridgehead atoms. The van der Waals surface area contributed by atoms with Gasteiger partial charge in [0.05, 0.1) is 5.52 Å². The van der Waals surface area contributed by atoms with Gasteiger partial charge in [-0.1, -0.05) is 12.1 Å². The first-order valence-electron chi connectivity index (χ1n) is 6.16. The van der Waals surface area contributed by atoms with Crippen molar-refractivity contribution in [1.29, 1.82) is 0 Å². The van der Waals surface area contributed by atoms with Gasteiger partial charge in [-0.2, -0.15) is 0 Å². The van der Waals surface area contributed by atoms with Gasteiger partial charge in [0.1, 0.15) is 0 Å². The minimum absolute atomic E-state index is 0.558. The third-order valence-electron chi connectivity index (χ3n) is 3.32. The van der Waals surface area contributed by atoms with Crippen LogP contribution in [0.1, 0.15) is 6.92 Å². The third-order valence-corrected chi connectivity index (χ3v) is 3.32. The molecule has 3 heteroatoms. The molecule has 3 rings (SSSR count). The molecule has 0 saturated carbocycles. The Bertz CT molecular complexity index is 524. The lowest BCUT2D eigenvalue weighted by molar-refractivity contribution is 0.485. The fourth-order valence-corrected chi connectivity index (χ4v) is 2.42. The highest BCUT2D eigenvalue weighted by atomic mass is 15.2. The smallest absolute Gasteiger partial charge is 0.0722 e. The summed E-state index contributed by atoms with van der Waals surface area (Å²) in [6, 6.07) is 11.2. The number of nitrogens with zero attached hydrogens (tertiary/aromatic N) is 2. The van der Waals surface area contributed by atoms with Crippen LogP contribution >= 0.6 is 0 Å². The van der Waals surface area contributed by atoms with Crippen molar-refractivity contribution in [3.05, 3.63) is 36.5 Å². The number of benzene rings is 1. The molecule has 3 nitrogen and oxygen atoms in total. The zero-order valence-corrected chi connectivity index (χ0v) is 10.1. The Hall–Kier alpha value is -1.61. The second-order valence-corrected chi connectivity index (χ2v) is 4.68. The topological polar surface area (TPSA) is 28.2 Å². The molecule has 17 heavy (non-hydrogen) atoms. The van der Waals surface area contributed by atoms with Crippen molar-refractivity contribution >= 4 is 16.6 Å². The van der Waals surface area contributed by atoms with Crippen LogP contribution in [0, 0.1) is 0 Å². The zero-order chi connectivity index (χ0) is 11.7. The van der Waals surface area contributed by atoms with Crippen LogP contribution in [0.5, 0.6) is 0 Å². The molecule has 1 fully saturated rings. The van der Waals surface area contributed by atoms with Gasteiger partial charge in [0.25, 0.3) is 0 Å². The van der Waals surface area contributed by atoms with Crippen LogP contribution in [0.2, 0.25) is 0 Å². The molecule has 0 spiro atoms. The number of rotatable bonds is 1. The second-order valence-electron chi connectivity index (χ2n) is 4.68. The van der Waals surface area contributed by atoms with Crippen molar-refractivity contribution in [2.45, 2.75) is 13.0 Å². The molecule has 0 radical (unpaired) electrons. The fourth-order valence-electron chi connectivity index (χ4n) is 2.42. The number of hydrogen-bond donors (Lipinski definition) is 1. The largest absolute Gasteiger partial charge is 0.369 e. The minimum Gasteiger partial charge on any atom is -0.369 e. The lowest BCUT2D eigenvalue weighted by Gasteiger charge is -2.33. The number of aromatic nitrogens is 1. The molecule has 1 aromatic carbocycles. The van der Waals surface area contributed by atoms with Gasteiger partial charge in [-0.3, -0.25) is 4.98 Å². The Kier molecular flexibility index (Phi) is 2.69. The van der Waals surface area contributed by atoms with Crippen LogP contribution in [0.15, 0.2) is 36.5 Å². The Morgan fingerprint density at radius 3 is 3.18 bits per heavy atom. The van der Waals surface area contributed by atoms with Crippen molar-refractivity contribution in [2.75, 3.05) is 24.5 Å². The van der Waals surface area contributed by atoms with Crippen molar-refractivity contribution in [1.82, 2.24) is 10.3 Å². The summed E-state index contributed by atoms with van der Waals surface area (Å²) >= 11 is 0. The van der Waals surface area contributed by atoms with Gasteiger partial charge in [-0.15, -0.1) is 0 Å². The average molecular weight is 227 g/mol. The number of anilines is 1. The Morgan fingerprint density at radius 2 is 2.29 bits per heavy atom. The quantitative estimate of drug-likeness (QED) is 0.808. The summed E-state index contributed by atoms with van der Waals surface area (Å²) < 4.78 is 0. The standard InChI is InChI=1S/C14H17N3/c1-11-10-17(8-7-15-11)13-5-4-12-3-2-6-16-14(12)9-13/h2-6,9,11,15H,7-8,10H2,1H3. The summed E-state index contributed by atoms with van der Waals surface area (Å²) in [5.74, 6) is 0. The minimum atomic E-state index is 0.558. The van der Waals surface area contributed by atoms with E-state index in [2.05, 4.69) is 46.4 Å². The van der Waals surface area contributed by atoms with Gasteiger partial charge in [0.2, 0.25) is 0 Å². The van der Waals surface area contributed by atoms with Crippen LogP contribution in [-0.4, -0.2) is 30.7 Å². The lowest BCUT2D eigenvalue weighted by atomic mass is 10.1. The van der Waals surface area contributed by atoms with E-state index in [1.54, 1.807) is 0 Å². The summed E-state index contributed by atoms with van der Waals surface area (Å²) in [5.41, 5.74) is 2.36.